The second-order valence-electron chi connectivity index (χ2n) is 5.78. The van der Waals surface area contributed by atoms with E-state index in [1.54, 1.807) is 20.8 Å². The van der Waals surface area contributed by atoms with Gasteiger partial charge in [0.15, 0.2) is 0 Å². The fourth-order valence-corrected chi connectivity index (χ4v) is 1.79. The van der Waals surface area contributed by atoms with Crippen LogP contribution >= 0.6 is 0 Å². The summed E-state index contributed by atoms with van der Waals surface area (Å²) in [6.45, 7) is 7.72. The van der Waals surface area contributed by atoms with Crippen LogP contribution in [0.5, 0.6) is 0 Å². The van der Waals surface area contributed by atoms with E-state index in [2.05, 4.69) is 10.6 Å². The van der Waals surface area contributed by atoms with Gasteiger partial charge in [0, 0.05) is 13.0 Å². The molecule has 0 saturated heterocycles. The monoisotopic (exact) mass is 292 g/mol. The molecule has 116 valence electrons. The lowest BCUT2D eigenvalue weighted by Gasteiger charge is -2.24. The van der Waals surface area contributed by atoms with E-state index in [-0.39, 0.29) is 6.03 Å². The Balaban J connectivity index is 2.78. The van der Waals surface area contributed by atoms with Gasteiger partial charge in [-0.2, -0.15) is 0 Å². The number of carbonyl (C=O) groups excluding carboxylic acids is 2. The summed E-state index contributed by atoms with van der Waals surface area (Å²) in [4.78, 5) is 23.9. The van der Waals surface area contributed by atoms with Crippen molar-refractivity contribution < 1.29 is 14.3 Å². The number of esters is 1. The number of hydrogen-bond donors (Lipinski definition) is 2. The lowest BCUT2D eigenvalue weighted by Crippen LogP contribution is -2.49. The minimum atomic E-state index is -0.710. The van der Waals surface area contributed by atoms with Crippen LogP contribution in [0.25, 0.3) is 0 Å². The van der Waals surface area contributed by atoms with Gasteiger partial charge in [0.25, 0.3) is 0 Å². The minimum absolute atomic E-state index is 0.371. The van der Waals surface area contributed by atoms with Crippen LogP contribution in [0.4, 0.5) is 4.79 Å². The van der Waals surface area contributed by atoms with E-state index < -0.39 is 17.6 Å². The molecule has 0 aliphatic rings. The SMILES string of the molecule is CCNC(=O)N[C@H](Cc1ccccc1)C(=O)OC(C)(C)C. The number of amides is 2. The molecule has 2 N–H and O–H groups in total. The molecule has 0 bridgehead atoms. The number of nitrogens with one attached hydrogen (secondary N) is 2. The van der Waals surface area contributed by atoms with E-state index in [4.69, 9.17) is 4.74 Å². The first-order valence-electron chi connectivity index (χ1n) is 7.13. The van der Waals surface area contributed by atoms with Crippen molar-refractivity contribution in [2.24, 2.45) is 0 Å². The quantitative estimate of drug-likeness (QED) is 0.818. The molecule has 0 saturated carbocycles. The second-order valence-corrected chi connectivity index (χ2v) is 5.78. The Morgan fingerprint density at radius 1 is 1.19 bits per heavy atom. The van der Waals surface area contributed by atoms with Crippen molar-refractivity contribution in [3.05, 3.63) is 35.9 Å². The maximum absolute atomic E-state index is 12.2. The summed E-state index contributed by atoms with van der Waals surface area (Å²) in [6.07, 6.45) is 0.396. The zero-order valence-corrected chi connectivity index (χ0v) is 13.1. The summed E-state index contributed by atoms with van der Waals surface area (Å²) < 4.78 is 5.37. The van der Waals surface area contributed by atoms with Crippen molar-refractivity contribution in [2.45, 2.75) is 45.8 Å². The Kier molecular flexibility index (Phi) is 6.21. The van der Waals surface area contributed by atoms with E-state index >= 15 is 0 Å². The first kappa shape index (κ1) is 17.0. The van der Waals surface area contributed by atoms with E-state index in [1.165, 1.54) is 0 Å². The standard InChI is InChI=1S/C16H24N2O3/c1-5-17-15(20)18-13(14(19)21-16(2,3)4)11-12-9-7-6-8-10-12/h6-10,13H,5,11H2,1-4H3,(H2,17,18,20)/t13-/m1/s1. The minimum Gasteiger partial charge on any atom is -0.458 e. The van der Waals surface area contributed by atoms with Gasteiger partial charge < -0.3 is 15.4 Å². The molecule has 1 aromatic rings. The van der Waals surface area contributed by atoms with Gasteiger partial charge in [-0.05, 0) is 33.3 Å². The summed E-state index contributed by atoms with van der Waals surface area (Å²) in [6, 6.07) is 8.44. The molecule has 0 aliphatic heterocycles. The fraction of sp³-hybridized carbons (Fsp3) is 0.500. The van der Waals surface area contributed by atoms with Gasteiger partial charge in [0.2, 0.25) is 0 Å². The van der Waals surface area contributed by atoms with E-state index in [0.717, 1.165) is 5.56 Å². The lowest BCUT2D eigenvalue weighted by molar-refractivity contribution is -0.157. The Morgan fingerprint density at radius 2 is 1.81 bits per heavy atom. The van der Waals surface area contributed by atoms with Crippen LogP contribution in [0.15, 0.2) is 30.3 Å². The number of benzene rings is 1. The van der Waals surface area contributed by atoms with E-state index in [0.29, 0.717) is 13.0 Å². The van der Waals surface area contributed by atoms with Gasteiger partial charge in [-0.25, -0.2) is 9.59 Å². The average molecular weight is 292 g/mol. The largest absolute Gasteiger partial charge is 0.458 e. The van der Waals surface area contributed by atoms with Crippen molar-refractivity contribution in [3.63, 3.8) is 0 Å². The lowest BCUT2D eigenvalue weighted by atomic mass is 10.1. The van der Waals surface area contributed by atoms with Crippen LogP contribution < -0.4 is 10.6 Å². The van der Waals surface area contributed by atoms with Crippen molar-refractivity contribution in [2.75, 3.05) is 6.54 Å². The van der Waals surface area contributed by atoms with Crippen LogP contribution in [0.1, 0.15) is 33.3 Å². The number of ether oxygens (including phenoxy) is 1. The van der Waals surface area contributed by atoms with Crippen LogP contribution in [-0.4, -0.2) is 30.2 Å². The Morgan fingerprint density at radius 3 is 2.33 bits per heavy atom. The van der Waals surface area contributed by atoms with Gasteiger partial charge in [-0.15, -0.1) is 0 Å². The van der Waals surface area contributed by atoms with Gasteiger partial charge in [-0.3, -0.25) is 0 Å². The molecule has 0 unspecified atom stereocenters. The molecule has 1 rings (SSSR count). The molecule has 21 heavy (non-hydrogen) atoms. The molecule has 0 fully saturated rings. The maximum atomic E-state index is 12.2. The van der Waals surface area contributed by atoms with Crippen LogP contribution in [0.3, 0.4) is 0 Å². The second kappa shape index (κ2) is 7.67. The molecule has 2 amide bonds. The molecular weight excluding hydrogens is 268 g/mol. The van der Waals surface area contributed by atoms with Crippen LogP contribution in [0.2, 0.25) is 0 Å². The van der Waals surface area contributed by atoms with Crippen molar-refractivity contribution in [3.8, 4) is 0 Å². The van der Waals surface area contributed by atoms with E-state index in [1.807, 2.05) is 37.3 Å². The van der Waals surface area contributed by atoms with Crippen molar-refractivity contribution >= 4 is 12.0 Å². The molecule has 0 aromatic heterocycles. The number of carbonyl (C=O) groups is 2. The Hall–Kier alpha value is -2.04. The molecule has 5 nitrogen and oxygen atoms in total. The average Bonchev–Trinajstić information content (AvgIpc) is 2.37. The third-order valence-corrected chi connectivity index (χ3v) is 2.62. The van der Waals surface area contributed by atoms with Gasteiger partial charge in [-0.1, -0.05) is 30.3 Å². The predicted octanol–water partition coefficient (Wildman–Crippen LogP) is 2.26. The third-order valence-electron chi connectivity index (χ3n) is 2.62. The molecular formula is C16H24N2O3. The summed E-state index contributed by atoms with van der Waals surface area (Å²) in [7, 11) is 0. The summed E-state index contributed by atoms with van der Waals surface area (Å²) in [5.74, 6) is -0.433. The number of rotatable bonds is 5. The molecule has 1 atom stereocenters. The summed E-state index contributed by atoms with van der Waals surface area (Å²) in [5.41, 5.74) is 0.375. The Bertz CT molecular complexity index is 466. The predicted molar refractivity (Wildman–Crippen MR) is 82.0 cm³/mol. The molecule has 1 aromatic carbocycles. The highest BCUT2D eigenvalue weighted by Gasteiger charge is 2.26. The molecule has 0 heterocycles. The van der Waals surface area contributed by atoms with Gasteiger partial charge >= 0.3 is 12.0 Å². The molecule has 0 spiro atoms. The maximum Gasteiger partial charge on any atom is 0.329 e. The molecule has 0 aliphatic carbocycles. The van der Waals surface area contributed by atoms with Crippen molar-refractivity contribution in [1.29, 1.82) is 0 Å². The molecule has 5 heteroatoms. The topological polar surface area (TPSA) is 67.4 Å². The summed E-state index contributed by atoms with van der Waals surface area (Å²) in [5, 5.41) is 5.29. The third kappa shape index (κ3) is 6.79. The fourth-order valence-electron chi connectivity index (χ4n) is 1.79. The highest BCUT2D eigenvalue weighted by atomic mass is 16.6. The normalized spacial score (nSPS) is 12.4. The van der Waals surface area contributed by atoms with Gasteiger partial charge in [0.1, 0.15) is 11.6 Å². The van der Waals surface area contributed by atoms with E-state index in [9.17, 15) is 9.59 Å². The number of hydrogen-bond acceptors (Lipinski definition) is 3. The zero-order chi connectivity index (χ0) is 15.9. The van der Waals surface area contributed by atoms with Crippen molar-refractivity contribution in [1.82, 2.24) is 10.6 Å². The Labute approximate surface area is 126 Å². The van der Waals surface area contributed by atoms with Gasteiger partial charge in [0.05, 0.1) is 0 Å². The first-order valence-corrected chi connectivity index (χ1v) is 7.13. The smallest absolute Gasteiger partial charge is 0.329 e. The van der Waals surface area contributed by atoms with Crippen LogP contribution in [0, 0.1) is 0 Å². The zero-order valence-electron chi connectivity index (χ0n) is 13.1. The first-order chi connectivity index (χ1) is 9.81. The molecule has 0 radical (unpaired) electrons. The van der Waals surface area contributed by atoms with Crippen LogP contribution in [-0.2, 0) is 16.0 Å². The highest BCUT2D eigenvalue weighted by molar-refractivity contribution is 5.84. The number of urea groups is 1. The highest BCUT2D eigenvalue weighted by Crippen LogP contribution is 2.11. The summed E-state index contributed by atoms with van der Waals surface area (Å²) >= 11 is 0.